The summed E-state index contributed by atoms with van der Waals surface area (Å²) in [6, 6.07) is 0.351. The number of unbranched alkanes of at least 4 members (excludes halogenated alkanes) is 2. The van der Waals surface area contributed by atoms with Crippen molar-refractivity contribution in [1.82, 2.24) is 52.0 Å². The molecule has 4 rings (SSSR count). The average Bonchev–Trinajstić information content (AvgIpc) is 3.83. The van der Waals surface area contributed by atoms with Gasteiger partial charge < -0.3 is 47.4 Å². The van der Waals surface area contributed by atoms with E-state index in [1.54, 1.807) is 6.20 Å². The lowest BCUT2D eigenvalue weighted by molar-refractivity contribution is -0.136. The first kappa shape index (κ1) is 42.3. The molecule has 0 unspecified atom stereocenters. The second-order valence-electron chi connectivity index (χ2n) is 14.2. The smallest absolute Gasteiger partial charge is 0.336 e. The number of carbonyl (C=O) groups is 6. The molecule has 18 heteroatoms. The fraction of sp³-hybridized carbons (Fsp3) is 0.541. The number of urea groups is 1. The summed E-state index contributed by atoms with van der Waals surface area (Å²) in [5.74, 6) is -3.86. The summed E-state index contributed by atoms with van der Waals surface area (Å²) >= 11 is 0. The van der Waals surface area contributed by atoms with Gasteiger partial charge in [0.25, 0.3) is 5.91 Å². The van der Waals surface area contributed by atoms with E-state index >= 15 is 0 Å². The molecule has 7 amide bonds. The van der Waals surface area contributed by atoms with E-state index in [0.717, 1.165) is 15.9 Å². The maximum absolute atomic E-state index is 14.3. The number of hydrogen-bond donors (Lipinski definition) is 10. The van der Waals surface area contributed by atoms with Gasteiger partial charge >= 0.3 is 6.03 Å². The van der Waals surface area contributed by atoms with E-state index in [0.29, 0.717) is 43.5 Å². The zero-order valence-corrected chi connectivity index (χ0v) is 31.7. The molecule has 1 fully saturated rings. The molecule has 0 spiro atoms. The number of fused-ring (bicyclic) bond motifs is 1. The van der Waals surface area contributed by atoms with E-state index in [1.165, 1.54) is 12.5 Å². The minimum atomic E-state index is -1.52. The Bertz CT molecular complexity index is 1750. The number of aromatic nitrogens is 3. The summed E-state index contributed by atoms with van der Waals surface area (Å²) in [4.78, 5) is 93.5. The number of aliphatic hydroxyl groups excluding tert-OH is 1. The average molecular weight is 766 g/mol. The van der Waals surface area contributed by atoms with Gasteiger partial charge in [0.1, 0.15) is 30.2 Å². The molecule has 11 N–H and O–H groups in total. The van der Waals surface area contributed by atoms with Gasteiger partial charge in [-0.2, -0.15) is 0 Å². The number of nitrogens with one attached hydrogen (secondary N) is 8. The van der Waals surface area contributed by atoms with Crippen molar-refractivity contribution in [3.05, 3.63) is 54.2 Å². The van der Waals surface area contributed by atoms with Crippen LogP contribution in [0.25, 0.3) is 10.9 Å². The lowest BCUT2D eigenvalue weighted by Crippen LogP contribution is -2.63. The maximum Gasteiger partial charge on any atom is 0.336 e. The third-order valence-corrected chi connectivity index (χ3v) is 9.24. The predicted molar refractivity (Wildman–Crippen MR) is 204 cm³/mol. The molecular formula is C37H55N11O7. The second-order valence-corrected chi connectivity index (χ2v) is 14.2. The fourth-order valence-electron chi connectivity index (χ4n) is 6.26. The van der Waals surface area contributed by atoms with Crippen LogP contribution in [0.15, 0.2) is 43.0 Å². The van der Waals surface area contributed by atoms with Gasteiger partial charge in [-0.1, -0.05) is 51.8 Å². The van der Waals surface area contributed by atoms with E-state index in [-0.39, 0.29) is 38.1 Å². The third-order valence-electron chi connectivity index (χ3n) is 9.24. The third kappa shape index (κ3) is 12.3. The fourth-order valence-corrected chi connectivity index (χ4v) is 6.26. The highest BCUT2D eigenvalue weighted by atomic mass is 16.3. The van der Waals surface area contributed by atoms with Crippen LogP contribution in [0.5, 0.6) is 0 Å². The molecular weight excluding hydrogens is 710 g/mol. The topological polar surface area (TPSA) is 269 Å². The normalized spacial score (nSPS) is 22.3. The van der Waals surface area contributed by atoms with Crippen LogP contribution in [-0.4, -0.2) is 111 Å². The Hall–Kier alpha value is -5.49. The van der Waals surface area contributed by atoms with Crippen LogP contribution in [0, 0.1) is 5.92 Å². The number of aromatic amines is 2. The maximum atomic E-state index is 14.3. The number of rotatable bonds is 14. The number of hydrazine groups is 1. The molecule has 0 saturated carbocycles. The molecule has 1 aliphatic heterocycles. The van der Waals surface area contributed by atoms with Crippen LogP contribution in [0.1, 0.15) is 70.6 Å². The van der Waals surface area contributed by atoms with Crippen LogP contribution in [0.4, 0.5) is 4.79 Å². The Morgan fingerprint density at radius 1 is 0.764 bits per heavy atom. The van der Waals surface area contributed by atoms with Gasteiger partial charge in [-0.25, -0.2) is 14.8 Å². The molecule has 55 heavy (non-hydrogen) atoms. The Morgan fingerprint density at radius 3 is 2.04 bits per heavy atom. The Kier molecular flexibility index (Phi) is 16.0. The SMILES string of the molecule is CCCC[C@@H]1NC(=O)N(CC(C)C)NC(=O)[C@H](CCCCN)NC(=O)[C@@H](CO)NC(=O)[C@H](Cc2cnc[nH]2)NC(=O)[C@@H](Cc2c[nH]c3ccccc23)NC1=O. The van der Waals surface area contributed by atoms with Crippen LogP contribution in [0.3, 0.4) is 0 Å². The van der Waals surface area contributed by atoms with Crippen LogP contribution < -0.4 is 37.7 Å². The highest BCUT2D eigenvalue weighted by molar-refractivity contribution is 5.97. The van der Waals surface area contributed by atoms with E-state index in [4.69, 9.17) is 5.73 Å². The van der Waals surface area contributed by atoms with E-state index in [2.05, 4.69) is 47.0 Å². The molecule has 1 aliphatic rings. The molecule has 18 nitrogen and oxygen atoms in total. The molecule has 3 heterocycles. The molecule has 5 atom stereocenters. The summed E-state index contributed by atoms with van der Waals surface area (Å²) in [7, 11) is 0. The number of para-hydroxylation sites is 1. The number of nitrogens with two attached hydrogens (primary N) is 1. The zero-order valence-electron chi connectivity index (χ0n) is 31.7. The largest absolute Gasteiger partial charge is 0.394 e. The molecule has 0 aliphatic carbocycles. The van der Waals surface area contributed by atoms with Crippen molar-refractivity contribution in [2.75, 3.05) is 19.7 Å². The van der Waals surface area contributed by atoms with Gasteiger partial charge in [0, 0.05) is 48.4 Å². The predicted octanol–water partition coefficient (Wildman–Crippen LogP) is 0.00790. The first-order valence-corrected chi connectivity index (χ1v) is 18.9. The first-order chi connectivity index (χ1) is 26.4. The van der Waals surface area contributed by atoms with Gasteiger partial charge in [0.2, 0.25) is 23.6 Å². The van der Waals surface area contributed by atoms with Crippen molar-refractivity contribution in [2.24, 2.45) is 11.7 Å². The van der Waals surface area contributed by atoms with Crippen molar-refractivity contribution in [3.63, 3.8) is 0 Å². The number of imidazole rings is 1. The summed E-state index contributed by atoms with van der Waals surface area (Å²) < 4.78 is 0. The summed E-state index contributed by atoms with van der Waals surface area (Å²) in [5, 5.41) is 25.6. The van der Waals surface area contributed by atoms with E-state index in [9.17, 15) is 33.9 Å². The summed E-state index contributed by atoms with van der Waals surface area (Å²) in [6.07, 6.45) is 7.15. The molecule has 300 valence electrons. The second kappa shape index (κ2) is 20.8. The molecule has 2 aromatic heterocycles. The zero-order chi connectivity index (χ0) is 39.9. The van der Waals surface area contributed by atoms with E-state index < -0.39 is 72.4 Å². The van der Waals surface area contributed by atoms with Crippen LogP contribution >= 0.6 is 0 Å². The first-order valence-electron chi connectivity index (χ1n) is 18.9. The minimum absolute atomic E-state index is 0.0111. The highest BCUT2D eigenvalue weighted by Crippen LogP contribution is 2.20. The molecule has 1 saturated heterocycles. The quantitative estimate of drug-likeness (QED) is 0.0990. The molecule has 3 aromatic rings. The molecule has 0 bridgehead atoms. The van der Waals surface area contributed by atoms with Crippen molar-refractivity contribution in [3.8, 4) is 0 Å². The van der Waals surface area contributed by atoms with Gasteiger partial charge in [0.05, 0.1) is 12.9 Å². The van der Waals surface area contributed by atoms with Gasteiger partial charge in [-0.05, 0) is 49.8 Å². The van der Waals surface area contributed by atoms with Crippen molar-refractivity contribution in [1.29, 1.82) is 0 Å². The van der Waals surface area contributed by atoms with Crippen molar-refractivity contribution >= 4 is 46.5 Å². The number of aliphatic hydroxyl groups is 1. The van der Waals surface area contributed by atoms with Gasteiger partial charge in [-0.3, -0.25) is 29.4 Å². The number of H-pyrrole nitrogens is 2. The summed E-state index contributed by atoms with van der Waals surface area (Å²) in [5.41, 5.74) is 10.3. The van der Waals surface area contributed by atoms with Crippen LogP contribution in [0.2, 0.25) is 0 Å². The number of hydrogen-bond acceptors (Lipinski definition) is 9. The Morgan fingerprint density at radius 2 is 1.38 bits per heavy atom. The van der Waals surface area contributed by atoms with E-state index in [1.807, 2.05) is 45.0 Å². The van der Waals surface area contributed by atoms with Crippen LogP contribution in [-0.2, 0) is 36.8 Å². The van der Waals surface area contributed by atoms with Crippen molar-refractivity contribution < 1.29 is 33.9 Å². The highest BCUT2D eigenvalue weighted by Gasteiger charge is 2.35. The number of carbonyl (C=O) groups excluding carboxylic acids is 6. The Balaban J connectivity index is 1.76. The molecule has 0 radical (unpaired) electrons. The number of benzene rings is 1. The molecule has 1 aromatic carbocycles. The lowest BCUT2D eigenvalue weighted by Gasteiger charge is -2.31. The standard InChI is InChI=1S/C37H55N11O7/c1-4-5-11-27-32(50)43-29(15-23-17-40-26-12-7-6-10-25(23)26)33(51)44-30(16-24-18-39-21-41-24)34(52)45-31(20-49)35(53)42-28(13-8-9-14-38)36(54)47-48(19-22(2)3)37(55)46-27/h6-7,10,12,17-18,21-22,27-31,40,49H,4-5,8-9,11,13-16,19-20,38H2,1-3H3,(H,39,41)(H,42,53)(H,43,50)(H,44,51)(H,45,52)(H,46,55)(H,47,54)/t27-,28-,29+,30-,31+/m0/s1. The lowest BCUT2D eigenvalue weighted by atomic mass is 10.0. The Labute approximate surface area is 319 Å². The number of nitrogens with zero attached hydrogens (tertiary/aromatic N) is 2. The van der Waals surface area contributed by atoms with Gasteiger partial charge in [-0.15, -0.1) is 0 Å². The summed E-state index contributed by atoms with van der Waals surface area (Å²) in [6.45, 7) is 5.18. The van der Waals surface area contributed by atoms with Crippen molar-refractivity contribution in [2.45, 2.75) is 102 Å². The number of amides is 7. The monoisotopic (exact) mass is 765 g/mol. The minimum Gasteiger partial charge on any atom is -0.394 e. The van der Waals surface area contributed by atoms with Gasteiger partial charge in [0.15, 0.2) is 0 Å².